The molecule has 3 heteroatoms. The maximum absolute atomic E-state index is 13.3. The van der Waals surface area contributed by atoms with Crippen LogP contribution in [0.4, 0.5) is 10.1 Å². The van der Waals surface area contributed by atoms with Crippen LogP contribution in [0.3, 0.4) is 0 Å². The molecule has 0 aromatic heterocycles. The van der Waals surface area contributed by atoms with Crippen molar-refractivity contribution < 1.29 is 4.39 Å². The topological polar surface area (TPSA) is 12.0 Å². The highest BCUT2D eigenvalue weighted by atomic mass is 79.9. The SMILES string of the molecule is Cc1cc(CNc2ccc(Br)c3ccccc23)ccc1F. The summed E-state index contributed by atoms with van der Waals surface area (Å²) in [6.07, 6.45) is 0. The Balaban J connectivity index is 1.88. The van der Waals surface area contributed by atoms with Crippen molar-refractivity contribution in [3.05, 3.63) is 76.0 Å². The summed E-state index contributed by atoms with van der Waals surface area (Å²) in [7, 11) is 0. The van der Waals surface area contributed by atoms with Crippen molar-refractivity contribution in [1.82, 2.24) is 0 Å². The largest absolute Gasteiger partial charge is 0.380 e. The summed E-state index contributed by atoms with van der Waals surface area (Å²) in [6, 6.07) is 17.6. The zero-order valence-corrected chi connectivity index (χ0v) is 13.2. The van der Waals surface area contributed by atoms with Crippen LogP contribution in [0, 0.1) is 12.7 Å². The van der Waals surface area contributed by atoms with Crippen LogP contribution < -0.4 is 5.32 Å². The van der Waals surface area contributed by atoms with Gasteiger partial charge in [0.1, 0.15) is 5.82 Å². The summed E-state index contributed by atoms with van der Waals surface area (Å²) in [5.41, 5.74) is 2.83. The van der Waals surface area contributed by atoms with Crippen LogP contribution in [-0.2, 0) is 6.54 Å². The van der Waals surface area contributed by atoms with Gasteiger partial charge in [0.05, 0.1) is 0 Å². The Kier molecular flexibility index (Phi) is 3.93. The van der Waals surface area contributed by atoms with E-state index in [-0.39, 0.29) is 5.82 Å². The van der Waals surface area contributed by atoms with Crippen LogP contribution in [0.25, 0.3) is 10.8 Å². The fraction of sp³-hybridized carbons (Fsp3) is 0.111. The van der Waals surface area contributed by atoms with E-state index in [1.165, 1.54) is 16.8 Å². The summed E-state index contributed by atoms with van der Waals surface area (Å²) >= 11 is 3.58. The van der Waals surface area contributed by atoms with Gasteiger partial charge in [-0.05, 0) is 41.6 Å². The van der Waals surface area contributed by atoms with Gasteiger partial charge < -0.3 is 5.32 Å². The first kappa shape index (κ1) is 14.1. The lowest BCUT2D eigenvalue weighted by atomic mass is 10.1. The smallest absolute Gasteiger partial charge is 0.126 e. The highest BCUT2D eigenvalue weighted by Gasteiger charge is 2.04. The van der Waals surface area contributed by atoms with Crippen LogP contribution in [0.1, 0.15) is 11.1 Å². The Morgan fingerprint density at radius 2 is 1.76 bits per heavy atom. The van der Waals surface area contributed by atoms with Crippen LogP contribution >= 0.6 is 15.9 Å². The molecule has 21 heavy (non-hydrogen) atoms. The van der Waals surface area contributed by atoms with Gasteiger partial charge in [-0.2, -0.15) is 0 Å². The van der Waals surface area contributed by atoms with E-state index in [4.69, 9.17) is 0 Å². The first-order valence-corrected chi connectivity index (χ1v) is 7.60. The molecule has 0 fully saturated rings. The number of anilines is 1. The van der Waals surface area contributed by atoms with E-state index in [0.717, 1.165) is 15.7 Å². The second kappa shape index (κ2) is 5.86. The molecule has 1 nitrogen and oxygen atoms in total. The fourth-order valence-electron chi connectivity index (χ4n) is 2.43. The molecule has 0 saturated heterocycles. The molecule has 3 aromatic carbocycles. The van der Waals surface area contributed by atoms with Gasteiger partial charge >= 0.3 is 0 Å². The number of nitrogens with one attached hydrogen (secondary N) is 1. The average molecular weight is 344 g/mol. The molecule has 1 N–H and O–H groups in total. The van der Waals surface area contributed by atoms with Crippen molar-refractivity contribution in [3.8, 4) is 0 Å². The molecule has 0 amide bonds. The van der Waals surface area contributed by atoms with Gasteiger partial charge in [-0.15, -0.1) is 0 Å². The van der Waals surface area contributed by atoms with Crippen molar-refractivity contribution in [2.24, 2.45) is 0 Å². The van der Waals surface area contributed by atoms with E-state index >= 15 is 0 Å². The van der Waals surface area contributed by atoms with Crippen molar-refractivity contribution in [2.45, 2.75) is 13.5 Å². The van der Waals surface area contributed by atoms with E-state index in [1.807, 2.05) is 30.3 Å². The van der Waals surface area contributed by atoms with Crippen LogP contribution in [0.2, 0.25) is 0 Å². The Bertz CT molecular complexity index is 798. The Morgan fingerprint density at radius 3 is 2.52 bits per heavy atom. The molecule has 0 unspecified atom stereocenters. The summed E-state index contributed by atoms with van der Waals surface area (Å²) < 4.78 is 14.4. The van der Waals surface area contributed by atoms with Gasteiger partial charge in [0.15, 0.2) is 0 Å². The normalized spacial score (nSPS) is 10.8. The van der Waals surface area contributed by atoms with Crippen molar-refractivity contribution in [2.75, 3.05) is 5.32 Å². The highest BCUT2D eigenvalue weighted by molar-refractivity contribution is 9.10. The minimum atomic E-state index is -0.159. The number of hydrogen-bond donors (Lipinski definition) is 1. The first-order valence-electron chi connectivity index (χ1n) is 6.81. The van der Waals surface area contributed by atoms with E-state index < -0.39 is 0 Å². The second-order valence-corrected chi connectivity index (χ2v) is 5.93. The number of rotatable bonds is 3. The number of halogens is 2. The van der Waals surface area contributed by atoms with Crippen molar-refractivity contribution >= 4 is 32.4 Å². The lowest BCUT2D eigenvalue weighted by Gasteiger charge is -2.11. The van der Waals surface area contributed by atoms with Gasteiger partial charge in [0.2, 0.25) is 0 Å². The minimum Gasteiger partial charge on any atom is -0.380 e. The molecule has 0 radical (unpaired) electrons. The van der Waals surface area contributed by atoms with E-state index in [0.29, 0.717) is 12.1 Å². The van der Waals surface area contributed by atoms with E-state index in [1.54, 1.807) is 6.92 Å². The molecule has 0 atom stereocenters. The Hall–Kier alpha value is -1.87. The molecule has 0 spiro atoms. The zero-order valence-electron chi connectivity index (χ0n) is 11.7. The first-order chi connectivity index (χ1) is 10.1. The predicted octanol–water partition coefficient (Wildman–Crippen LogP) is 5.66. The molecule has 0 aliphatic rings. The quantitative estimate of drug-likeness (QED) is 0.646. The highest BCUT2D eigenvalue weighted by Crippen LogP contribution is 2.30. The standard InChI is InChI=1S/C18H15BrFN/c1-12-10-13(6-8-17(12)20)11-21-18-9-7-16(19)14-4-2-3-5-15(14)18/h2-10,21H,11H2,1H3. The molecular weight excluding hydrogens is 329 g/mol. The zero-order chi connectivity index (χ0) is 14.8. The summed E-state index contributed by atoms with van der Waals surface area (Å²) in [5.74, 6) is -0.159. The molecule has 106 valence electrons. The van der Waals surface area contributed by atoms with Crippen LogP contribution in [0.5, 0.6) is 0 Å². The lowest BCUT2D eigenvalue weighted by Crippen LogP contribution is -2.01. The Morgan fingerprint density at radius 1 is 1.00 bits per heavy atom. The van der Waals surface area contributed by atoms with Gasteiger partial charge in [-0.1, -0.05) is 52.3 Å². The molecule has 0 saturated carbocycles. The van der Waals surface area contributed by atoms with Crippen molar-refractivity contribution in [1.29, 1.82) is 0 Å². The monoisotopic (exact) mass is 343 g/mol. The molecule has 0 heterocycles. The molecule has 0 bridgehead atoms. The third kappa shape index (κ3) is 2.93. The maximum atomic E-state index is 13.3. The molecule has 3 rings (SSSR count). The minimum absolute atomic E-state index is 0.159. The summed E-state index contributed by atoms with van der Waals surface area (Å²) in [5, 5.41) is 5.79. The molecule has 3 aromatic rings. The van der Waals surface area contributed by atoms with Gasteiger partial charge in [-0.3, -0.25) is 0 Å². The number of hydrogen-bond acceptors (Lipinski definition) is 1. The molecular formula is C18H15BrFN. The number of benzene rings is 3. The predicted molar refractivity (Wildman–Crippen MR) is 90.1 cm³/mol. The number of fused-ring (bicyclic) bond motifs is 1. The van der Waals surface area contributed by atoms with Crippen molar-refractivity contribution in [3.63, 3.8) is 0 Å². The molecule has 0 aliphatic carbocycles. The molecule has 0 aliphatic heterocycles. The van der Waals surface area contributed by atoms with E-state index in [2.05, 4.69) is 39.4 Å². The van der Waals surface area contributed by atoms with E-state index in [9.17, 15) is 4.39 Å². The summed E-state index contributed by atoms with van der Waals surface area (Å²) in [6.45, 7) is 2.46. The maximum Gasteiger partial charge on any atom is 0.126 e. The number of aryl methyl sites for hydroxylation is 1. The third-order valence-electron chi connectivity index (χ3n) is 3.58. The van der Waals surface area contributed by atoms with Crippen LogP contribution in [0.15, 0.2) is 59.1 Å². The third-order valence-corrected chi connectivity index (χ3v) is 4.27. The van der Waals surface area contributed by atoms with Gasteiger partial charge in [0.25, 0.3) is 0 Å². The van der Waals surface area contributed by atoms with Gasteiger partial charge in [0, 0.05) is 22.1 Å². The second-order valence-electron chi connectivity index (χ2n) is 5.08. The van der Waals surface area contributed by atoms with Gasteiger partial charge in [-0.25, -0.2) is 4.39 Å². The Labute approximate surface area is 131 Å². The van der Waals surface area contributed by atoms with Crippen LogP contribution in [-0.4, -0.2) is 0 Å². The fourth-order valence-corrected chi connectivity index (χ4v) is 2.91. The lowest BCUT2D eigenvalue weighted by molar-refractivity contribution is 0.617. The summed E-state index contributed by atoms with van der Waals surface area (Å²) in [4.78, 5) is 0. The average Bonchev–Trinajstić information content (AvgIpc) is 2.50.